The lowest BCUT2D eigenvalue weighted by atomic mass is 9.77. The molecule has 0 radical (unpaired) electrons. The summed E-state index contributed by atoms with van der Waals surface area (Å²) in [6.45, 7) is 1.50. The van der Waals surface area contributed by atoms with Crippen molar-refractivity contribution in [2.45, 2.75) is 44.6 Å². The lowest BCUT2D eigenvalue weighted by molar-refractivity contribution is -0.185. The molecule has 4 heteroatoms. The monoisotopic (exact) mass is 201 g/mol. The van der Waals surface area contributed by atoms with Crippen molar-refractivity contribution in [3.8, 4) is 0 Å². The second kappa shape index (κ2) is 4.28. The average molecular weight is 201 g/mol. The first-order valence-corrected chi connectivity index (χ1v) is 5.15. The van der Waals surface area contributed by atoms with E-state index in [0.717, 1.165) is 25.7 Å². The van der Waals surface area contributed by atoms with Crippen LogP contribution in [0.3, 0.4) is 0 Å². The molecule has 0 heterocycles. The molecule has 0 saturated heterocycles. The summed E-state index contributed by atoms with van der Waals surface area (Å²) in [6.07, 6.45) is 5.03. The van der Waals surface area contributed by atoms with Gasteiger partial charge >= 0.3 is 0 Å². The van der Waals surface area contributed by atoms with Crippen LogP contribution in [0.25, 0.3) is 0 Å². The van der Waals surface area contributed by atoms with Gasteiger partial charge in [-0.3, -0.25) is 10.0 Å². The van der Waals surface area contributed by atoms with Gasteiger partial charge < -0.3 is 5.11 Å². The first kappa shape index (κ1) is 11.5. The largest absolute Gasteiger partial charge is 0.380 e. The molecule has 1 unspecified atom stereocenters. The lowest BCUT2D eigenvalue weighted by Crippen LogP contribution is -2.50. The van der Waals surface area contributed by atoms with Gasteiger partial charge in [-0.25, -0.2) is 5.06 Å². The minimum Gasteiger partial charge on any atom is -0.380 e. The molecule has 1 rings (SSSR count). The minimum atomic E-state index is -1.41. The second-order valence-electron chi connectivity index (χ2n) is 4.31. The van der Waals surface area contributed by atoms with Crippen molar-refractivity contribution in [1.82, 2.24) is 5.06 Å². The van der Waals surface area contributed by atoms with Crippen LogP contribution in [0, 0.1) is 5.92 Å². The third kappa shape index (κ3) is 2.25. The number of nitrogens with zero attached hydrogens (tertiary/aromatic N) is 1. The van der Waals surface area contributed by atoms with E-state index >= 15 is 0 Å². The van der Waals surface area contributed by atoms with Crippen LogP contribution in [0.2, 0.25) is 0 Å². The van der Waals surface area contributed by atoms with Crippen LogP contribution < -0.4 is 0 Å². The normalized spacial score (nSPS) is 22.9. The van der Waals surface area contributed by atoms with Crippen LogP contribution in [0.4, 0.5) is 0 Å². The van der Waals surface area contributed by atoms with Crippen LogP contribution in [-0.4, -0.2) is 33.9 Å². The van der Waals surface area contributed by atoms with E-state index < -0.39 is 11.5 Å². The highest BCUT2D eigenvalue weighted by Crippen LogP contribution is 2.33. The number of carbonyl (C=O) groups is 1. The maximum atomic E-state index is 11.5. The van der Waals surface area contributed by atoms with Crippen LogP contribution in [-0.2, 0) is 4.79 Å². The maximum absolute atomic E-state index is 11.5. The first-order chi connectivity index (χ1) is 6.46. The second-order valence-corrected chi connectivity index (χ2v) is 4.31. The summed E-state index contributed by atoms with van der Waals surface area (Å²) in [4.78, 5) is 11.5. The van der Waals surface area contributed by atoms with Gasteiger partial charge in [0.2, 0.25) is 0 Å². The van der Waals surface area contributed by atoms with Crippen LogP contribution in [0.15, 0.2) is 0 Å². The Morgan fingerprint density at radius 3 is 2.29 bits per heavy atom. The molecule has 0 aromatic carbocycles. The van der Waals surface area contributed by atoms with E-state index in [4.69, 9.17) is 5.21 Å². The number of hydrogen-bond donors (Lipinski definition) is 2. The number of carbonyl (C=O) groups excluding carboxylic acids is 1. The minimum absolute atomic E-state index is 0.0154. The third-order valence-corrected chi connectivity index (χ3v) is 3.13. The molecule has 0 bridgehead atoms. The molecule has 0 aromatic heterocycles. The van der Waals surface area contributed by atoms with Gasteiger partial charge in [0.05, 0.1) is 0 Å². The highest BCUT2D eigenvalue weighted by molar-refractivity contribution is 5.83. The van der Waals surface area contributed by atoms with Crippen molar-refractivity contribution in [2.75, 3.05) is 7.05 Å². The van der Waals surface area contributed by atoms with E-state index in [1.54, 1.807) is 0 Å². The summed E-state index contributed by atoms with van der Waals surface area (Å²) < 4.78 is 0. The molecule has 4 nitrogen and oxygen atoms in total. The molecule has 1 atom stereocenters. The summed E-state index contributed by atoms with van der Waals surface area (Å²) in [5.41, 5.74) is -1.41. The van der Waals surface area contributed by atoms with E-state index in [-0.39, 0.29) is 5.92 Å². The Kier molecular flexibility index (Phi) is 3.50. The zero-order chi connectivity index (χ0) is 10.8. The number of rotatable bonds is 2. The molecule has 1 aliphatic rings. The Labute approximate surface area is 84.5 Å². The van der Waals surface area contributed by atoms with Crippen LogP contribution in [0.1, 0.15) is 39.0 Å². The Morgan fingerprint density at radius 1 is 1.36 bits per heavy atom. The van der Waals surface area contributed by atoms with Gasteiger partial charge in [-0.1, -0.05) is 19.3 Å². The zero-order valence-corrected chi connectivity index (χ0v) is 8.86. The SMILES string of the molecule is CN(O)C(=O)C(C)(O)C1CCCCC1. The number of amides is 1. The predicted octanol–water partition coefficient (Wildman–Crippen LogP) is 1.17. The molecular weight excluding hydrogens is 182 g/mol. The fourth-order valence-electron chi connectivity index (χ4n) is 2.17. The van der Waals surface area contributed by atoms with Crippen LogP contribution in [0.5, 0.6) is 0 Å². The molecule has 0 spiro atoms. The third-order valence-electron chi connectivity index (χ3n) is 3.13. The molecule has 1 fully saturated rings. The quantitative estimate of drug-likeness (QED) is 0.520. The van der Waals surface area contributed by atoms with Crippen molar-refractivity contribution < 1.29 is 15.1 Å². The van der Waals surface area contributed by atoms with Crippen LogP contribution >= 0.6 is 0 Å². The molecule has 2 N–H and O–H groups in total. The molecule has 0 aromatic rings. The number of aliphatic hydroxyl groups is 1. The van der Waals surface area contributed by atoms with E-state index in [9.17, 15) is 9.90 Å². The summed E-state index contributed by atoms with van der Waals surface area (Å²) >= 11 is 0. The first-order valence-electron chi connectivity index (χ1n) is 5.15. The molecule has 82 valence electrons. The van der Waals surface area contributed by atoms with Crippen molar-refractivity contribution in [3.05, 3.63) is 0 Å². The molecule has 0 aliphatic heterocycles. The van der Waals surface area contributed by atoms with Gasteiger partial charge in [-0.2, -0.15) is 0 Å². The molecular formula is C10H19NO3. The molecule has 1 amide bonds. The van der Waals surface area contributed by atoms with E-state index in [1.807, 2.05) is 0 Å². The number of hydrogen-bond acceptors (Lipinski definition) is 3. The average Bonchev–Trinajstić information content (AvgIpc) is 2.18. The van der Waals surface area contributed by atoms with Crippen molar-refractivity contribution >= 4 is 5.91 Å². The van der Waals surface area contributed by atoms with E-state index in [0.29, 0.717) is 5.06 Å². The van der Waals surface area contributed by atoms with Crippen molar-refractivity contribution in [2.24, 2.45) is 5.92 Å². The summed E-state index contributed by atoms with van der Waals surface area (Å²) in [5.74, 6) is -0.622. The van der Waals surface area contributed by atoms with Gasteiger partial charge in [0, 0.05) is 7.05 Å². The van der Waals surface area contributed by atoms with Gasteiger partial charge in [-0.15, -0.1) is 0 Å². The van der Waals surface area contributed by atoms with E-state index in [2.05, 4.69) is 0 Å². The Hall–Kier alpha value is -0.610. The molecule has 1 saturated carbocycles. The van der Waals surface area contributed by atoms with Gasteiger partial charge in [0.1, 0.15) is 5.60 Å². The zero-order valence-electron chi connectivity index (χ0n) is 8.86. The summed E-state index contributed by atoms with van der Waals surface area (Å²) in [6, 6.07) is 0. The van der Waals surface area contributed by atoms with Gasteiger partial charge in [0.25, 0.3) is 5.91 Å². The van der Waals surface area contributed by atoms with E-state index in [1.165, 1.54) is 20.4 Å². The standard InChI is InChI=1S/C10H19NO3/c1-10(13,9(12)11(2)14)8-6-4-3-5-7-8/h8,13-14H,3-7H2,1-2H3. The van der Waals surface area contributed by atoms with Crippen molar-refractivity contribution in [3.63, 3.8) is 0 Å². The smallest absolute Gasteiger partial charge is 0.277 e. The fraction of sp³-hybridized carbons (Fsp3) is 0.900. The lowest BCUT2D eigenvalue weighted by Gasteiger charge is -2.35. The highest BCUT2D eigenvalue weighted by atomic mass is 16.5. The summed E-state index contributed by atoms with van der Waals surface area (Å²) in [5, 5.41) is 19.5. The summed E-state index contributed by atoms with van der Waals surface area (Å²) in [7, 11) is 1.25. The Bertz CT molecular complexity index is 207. The van der Waals surface area contributed by atoms with Gasteiger partial charge in [-0.05, 0) is 25.7 Å². The number of likely N-dealkylation sites (N-methyl/N-ethyl adjacent to an activating group) is 1. The predicted molar refractivity (Wildman–Crippen MR) is 51.8 cm³/mol. The fourth-order valence-corrected chi connectivity index (χ4v) is 2.17. The molecule has 14 heavy (non-hydrogen) atoms. The Morgan fingerprint density at radius 2 is 1.86 bits per heavy atom. The van der Waals surface area contributed by atoms with Gasteiger partial charge in [0.15, 0.2) is 0 Å². The number of hydroxylamine groups is 2. The Balaban J connectivity index is 2.66. The van der Waals surface area contributed by atoms with Crippen molar-refractivity contribution in [1.29, 1.82) is 0 Å². The molecule has 1 aliphatic carbocycles. The topological polar surface area (TPSA) is 60.8 Å². The highest BCUT2D eigenvalue weighted by Gasteiger charge is 2.41. The maximum Gasteiger partial charge on any atom is 0.277 e.